The highest BCUT2D eigenvalue weighted by atomic mass is 19.3. The number of fused-ring (bicyclic) bond motifs is 1. The molecule has 0 atom stereocenters. The summed E-state index contributed by atoms with van der Waals surface area (Å²) in [6.07, 6.45) is -3.66. The number of rotatable bonds is 4. The lowest BCUT2D eigenvalue weighted by Gasteiger charge is -2.34. The van der Waals surface area contributed by atoms with Crippen molar-refractivity contribution in [2.75, 3.05) is 42.9 Å². The first-order valence-electron chi connectivity index (χ1n) is 9.23. The van der Waals surface area contributed by atoms with E-state index in [1.807, 2.05) is 12.1 Å². The van der Waals surface area contributed by atoms with E-state index in [1.165, 1.54) is 34.3 Å². The zero-order valence-corrected chi connectivity index (χ0v) is 15.5. The normalized spacial score (nSPS) is 18.2. The van der Waals surface area contributed by atoms with Gasteiger partial charge in [-0.05, 0) is 30.7 Å². The third-order valence-electron chi connectivity index (χ3n) is 5.02. The molecule has 4 rings (SSSR count). The minimum absolute atomic E-state index is 0.0408. The molecular formula is C20H22F2N3O3+. The van der Waals surface area contributed by atoms with E-state index < -0.39 is 6.29 Å². The lowest BCUT2D eigenvalue weighted by Crippen LogP contribution is -3.15. The maximum atomic E-state index is 13.1. The van der Waals surface area contributed by atoms with Gasteiger partial charge in [-0.1, -0.05) is 18.2 Å². The largest absolute Gasteiger partial charge is 0.586 e. The second kappa shape index (κ2) is 7.27. The Morgan fingerprint density at radius 3 is 2.61 bits per heavy atom. The summed E-state index contributed by atoms with van der Waals surface area (Å²) in [6, 6.07) is 12.5. The third-order valence-corrected chi connectivity index (χ3v) is 5.02. The molecule has 2 N–H and O–H groups in total. The van der Waals surface area contributed by atoms with Gasteiger partial charge in [0.25, 0.3) is 5.91 Å². The van der Waals surface area contributed by atoms with Crippen molar-refractivity contribution < 1.29 is 27.9 Å². The maximum Gasteiger partial charge on any atom is 0.586 e. The van der Waals surface area contributed by atoms with Crippen LogP contribution in [-0.2, 0) is 4.79 Å². The van der Waals surface area contributed by atoms with Gasteiger partial charge in [-0.25, -0.2) is 0 Å². The molecule has 2 heterocycles. The lowest BCUT2D eigenvalue weighted by molar-refractivity contribution is -0.892. The number of halogens is 2. The van der Waals surface area contributed by atoms with Crippen LogP contribution in [0.3, 0.4) is 0 Å². The van der Waals surface area contributed by atoms with Crippen molar-refractivity contribution in [2.24, 2.45) is 0 Å². The molecule has 2 aliphatic rings. The number of aryl methyl sites for hydroxylation is 1. The van der Waals surface area contributed by atoms with E-state index in [0.717, 1.165) is 26.2 Å². The highest BCUT2D eigenvalue weighted by Crippen LogP contribution is 2.42. The van der Waals surface area contributed by atoms with Gasteiger partial charge in [0.2, 0.25) is 0 Å². The Kier molecular flexibility index (Phi) is 4.80. The number of alkyl halides is 2. The standard InChI is InChI=1S/C20H21F2N3O3/c1-14-4-2-3-5-16(14)25-10-8-24(9-11-25)13-19(26)23-15-6-7-17-18(12-15)28-20(21,22)27-17/h2-7,12H,8-11,13H2,1H3,(H,23,26)/p+1. The van der Waals surface area contributed by atoms with Crippen LogP contribution >= 0.6 is 0 Å². The summed E-state index contributed by atoms with van der Waals surface area (Å²) >= 11 is 0. The number of nitrogens with one attached hydrogen (secondary N) is 2. The van der Waals surface area contributed by atoms with E-state index in [2.05, 4.69) is 38.7 Å². The highest BCUT2D eigenvalue weighted by molar-refractivity contribution is 5.91. The summed E-state index contributed by atoms with van der Waals surface area (Å²) in [6.45, 7) is 5.90. The Hall–Kier alpha value is -2.87. The van der Waals surface area contributed by atoms with Crippen molar-refractivity contribution in [2.45, 2.75) is 13.2 Å². The molecule has 0 radical (unpaired) electrons. The maximum absolute atomic E-state index is 13.1. The molecule has 8 heteroatoms. The topological polar surface area (TPSA) is 55.2 Å². The van der Waals surface area contributed by atoms with Gasteiger partial charge in [-0.2, -0.15) is 0 Å². The van der Waals surface area contributed by atoms with Crippen LogP contribution in [0.15, 0.2) is 42.5 Å². The van der Waals surface area contributed by atoms with E-state index in [0.29, 0.717) is 12.2 Å². The number of quaternary nitrogens is 1. The van der Waals surface area contributed by atoms with E-state index >= 15 is 0 Å². The summed E-state index contributed by atoms with van der Waals surface area (Å²) in [4.78, 5) is 15.9. The van der Waals surface area contributed by atoms with Crippen LogP contribution in [0.2, 0.25) is 0 Å². The van der Waals surface area contributed by atoms with Gasteiger partial charge in [0.15, 0.2) is 18.0 Å². The average molecular weight is 390 g/mol. The molecule has 2 aliphatic heterocycles. The van der Waals surface area contributed by atoms with Gasteiger partial charge >= 0.3 is 6.29 Å². The number of hydrogen-bond acceptors (Lipinski definition) is 4. The fourth-order valence-electron chi connectivity index (χ4n) is 3.62. The number of nitrogens with zero attached hydrogens (tertiary/aromatic N) is 1. The molecule has 0 spiro atoms. The van der Waals surface area contributed by atoms with Gasteiger partial charge in [0.1, 0.15) is 0 Å². The van der Waals surface area contributed by atoms with Crippen LogP contribution in [0.25, 0.3) is 0 Å². The fourth-order valence-corrected chi connectivity index (χ4v) is 3.62. The van der Waals surface area contributed by atoms with Crippen molar-refractivity contribution in [3.8, 4) is 11.5 Å². The minimum Gasteiger partial charge on any atom is -0.395 e. The number of amides is 1. The molecule has 6 nitrogen and oxygen atoms in total. The van der Waals surface area contributed by atoms with Gasteiger partial charge in [-0.15, -0.1) is 8.78 Å². The first kappa shape index (κ1) is 18.5. The average Bonchev–Trinajstić information content (AvgIpc) is 2.96. The smallest absolute Gasteiger partial charge is 0.395 e. The second-order valence-corrected chi connectivity index (χ2v) is 7.08. The van der Waals surface area contributed by atoms with Crippen LogP contribution < -0.4 is 24.6 Å². The Labute approximate surface area is 161 Å². The van der Waals surface area contributed by atoms with Crippen molar-refractivity contribution in [3.05, 3.63) is 48.0 Å². The highest BCUT2D eigenvalue weighted by Gasteiger charge is 2.43. The summed E-state index contributed by atoms with van der Waals surface area (Å²) in [7, 11) is 0. The SMILES string of the molecule is Cc1ccccc1N1CC[NH+](CC(=O)Nc2ccc3c(c2)OC(F)(F)O3)CC1. The molecule has 2 aromatic rings. The second-order valence-electron chi connectivity index (χ2n) is 7.08. The van der Waals surface area contributed by atoms with E-state index in [9.17, 15) is 13.6 Å². The predicted molar refractivity (Wildman–Crippen MR) is 100 cm³/mol. The number of piperazine rings is 1. The summed E-state index contributed by atoms with van der Waals surface area (Å²) in [5.41, 5.74) is 2.89. The third kappa shape index (κ3) is 4.01. The summed E-state index contributed by atoms with van der Waals surface area (Å²) in [5, 5.41) is 2.74. The predicted octanol–water partition coefficient (Wildman–Crippen LogP) is 1.66. The van der Waals surface area contributed by atoms with Gasteiger partial charge in [0, 0.05) is 17.4 Å². The first-order valence-corrected chi connectivity index (χ1v) is 9.23. The quantitative estimate of drug-likeness (QED) is 0.834. The number of para-hydroxylation sites is 1. The molecule has 0 saturated carbocycles. The van der Waals surface area contributed by atoms with Crippen molar-refractivity contribution >= 4 is 17.3 Å². The molecule has 1 fully saturated rings. The molecule has 148 valence electrons. The number of ether oxygens (including phenoxy) is 2. The van der Waals surface area contributed by atoms with Gasteiger partial charge < -0.3 is 24.6 Å². The monoisotopic (exact) mass is 390 g/mol. The van der Waals surface area contributed by atoms with Crippen molar-refractivity contribution in [1.29, 1.82) is 0 Å². The van der Waals surface area contributed by atoms with E-state index in [1.54, 1.807) is 0 Å². The van der Waals surface area contributed by atoms with E-state index in [4.69, 9.17) is 0 Å². The van der Waals surface area contributed by atoms with Crippen molar-refractivity contribution in [1.82, 2.24) is 0 Å². The Bertz CT molecular complexity index is 883. The summed E-state index contributed by atoms with van der Waals surface area (Å²) < 4.78 is 34.9. The van der Waals surface area contributed by atoms with Gasteiger partial charge in [-0.3, -0.25) is 4.79 Å². The first-order chi connectivity index (χ1) is 13.4. The molecule has 0 aliphatic carbocycles. The number of anilines is 2. The fraction of sp³-hybridized carbons (Fsp3) is 0.350. The van der Waals surface area contributed by atoms with Crippen LogP contribution in [0.4, 0.5) is 20.2 Å². The molecular weight excluding hydrogens is 368 g/mol. The Morgan fingerprint density at radius 2 is 1.86 bits per heavy atom. The van der Waals surface area contributed by atoms with Crippen LogP contribution in [0, 0.1) is 6.92 Å². The van der Waals surface area contributed by atoms with Crippen LogP contribution in [-0.4, -0.2) is 44.9 Å². The molecule has 28 heavy (non-hydrogen) atoms. The Morgan fingerprint density at radius 1 is 1.14 bits per heavy atom. The van der Waals surface area contributed by atoms with Crippen molar-refractivity contribution in [3.63, 3.8) is 0 Å². The molecule has 1 amide bonds. The van der Waals surface area contributed by atoms with Crippen LogP contribution in [0.1, 0.15) is 5.56 Å². The Balaban J connectivity index is 1.29. The molecule has 0 aromatic heterocycles. The number of carbonyl (C=O) groups is 1. The zero-order valence-electron chi connectivity index (χ0n) is 15.5. The minimum atomic E-state index is -3.66. The number of benzene rings is 2. The molecule has 0 bridgehead atoms. The zero-order chi connectivity index (χ0) is 19.7. The number of hydrogen-bond donors (Lipinski definition) is 2. The van der Waals surface area contributed by atoms with Crippen LogP contribution in [0.5, 0.6) is 11.5 Å². The number of carbonyl (C=O) groups excluding carboxylic acids is 1. The molecule has 1 saturated heterocycles. The molecule has 2 aromatic carbocycles. The summed E-state index contributed by atoms with van der Waals surface area (Å²) in [5.74, 6) is -0.284. The molecule has 0 unspecified atom stereocenters. The van der Waals surface area contributed by atoms with E-state index in [-0.39, 0.29) is 17.4 Å². The lowest BCUT2D eigenvalue weighted by atomic mass is 10.1. The van der Waals surface area contributed by atoms with Gasteiger partial charge in [0.05, 0.1) is 26.2 Å².